The second-order valence-corrected chi connectivity index (χ2v) is 6.10. The number of hydrogen-bond donors (Lipinski definition) is 0. The van der Waals surface area contributed by atoms with Crippen LogP contribution in [0.5, 0.6) is 0 Å². The maximum absolute atomic E-state index is 4.97. The van der Waals surface area contributed by atoms with Gasteiger partial charge in [0, 0.05) is 0 Å². The van der Waals surface area contributed by atoms with Crippen LogP contribution in [-0.2, 0) is 49.1 Å². The number of hydrogen-bond acceptors (Lipinski definition) is 0. The summed E-state index contributed by atoms with van der Waals surface area (Å²) >= 11 is -1.07. The Kier molecular flexibility index (Phi) is 21.9. The van der Waals surface area contributed by atoms with Gasteiger partial charge in [-0.25, -0.2) is 0 Å². The fourth-order valence-electron chi connectivity index (χ4n) is 0. The van der Waals surface area contributed by atoms with Gasteiger partial charge in [-0.2, -0.15) is 0 Å². The van der Waals surface area contributed by atoms with Gasteiger partial charge >= 0.3 is 65.7 Å². The third-order valence-electron chi connectivity index (χ3n) is 0. The first kappa shape index (κ1) is 9.66. The summed E-state index contributed by atoms with van der Waals surface area (Å²) in [6.07, 6.45) is 0. The van der Waals surface area contributed by atoms with E-state index in [1.54, 1.807) is 0 Å². The van der Waals surface area contributed by atoms with E-state index in [2.05, 4.69) is 0 Å². The van der Waals surface area contributed by atoms with Crippen molar-refractivity contribution in [2.75, 3.05) is 0 Å². The fraction of sp³-hybridized carbons (Fsp3) is 0. The van der Waals surface area contributed by atoms with E-state index in [0.717, 1.165) is 0 Å². The summed E-state index contributed by atoms with van der Waals surface area (Å²) in [5, 5.41) is 0. The van der Waals surface area contributed by atoms with Crippen LogP contribution in [0, 0.1) is 0 Å². The average Bonchev–Trinajstić information content (AvgIpc) is 0.918. The van der Waals surface area contributed by atoms with Crippen molar-refractivity contribution >= 4 is 16.6 Å². The summed E-state index contributed by atoms with van der Waals surface area (Å²) in [5.41, 5.74) is 0. The Morgan fingerprint density at radius 3 is 1.25 bits per heavy atom. The second-order valence-electron chi connectivity index (χ2n) is 0.101. The topological polar surface area (TPSA) is 0 Å². The van der Waals surface area contributed by atoms with Gasteiger partial charge in [0.25, 0.3) is 0 Å². The molecular formula is Cd2Cl2+2. The summed E-state index contributed by atoms with van der Waals surface area (Å²) in [4.78, 5) is 0. The molecule has 4 heavy (non-hydrogen) atoms. The van der Waals surface area contributed by atoms with Crippen LogP contribution in [0.1, 0.15) is 0 Å². The van der Waals surface area contributed by atoms with Crippen LogP contribution >= 0.6 is 16.6 Å². The van der Waals surface area contributed by atoms with E-state index in [1.165, 1.54) is 0 Å². The van der Waals surface area contributed by atoms with Gasteiger partial charge in [0.05, 0.1) is 0 Å². The molecule has 0 saturated heterocycles. The monoisotopic (exact) mass is 298 g/mol. The Hall–Kier alpha value is 2.42. The SMILES string of the molecule is [Cd+2].[Cl][Cd][Cl]. The van der Waals surface area contributed by atoms with Crippen LogP contribution in [-0.4, -0.2) is 0 Å². The third-order valence-corrected chi connectivity index (χ3v) is 0. The van der Waals surface area contributed by atoms with Gasteiger partial charge in [-0.05, 0) is 0 Å². The van der Waals surface area contributed by atoms with E-state index in [1.807, 2.05) is 0 Å². The molecule has 0 aliphatic heterocycles. The zero-order valence-electron chi connectivity index (χ0n) is 2.17. The molecule has 0 heterocycles. The van der Waals surface area contributed by atoms with Crippen molar-refractivity contribution in [1.29, 1.82) is 0 Å². The first-order valence-electron chi connectivity index (χ1n) is 0.535. The molecule has 0 N–H and O–H groups in total. The molecule has 0 atom stereocenters. The molecule has 0 bridgehead atoms. The van der Waals surface area contributed by atoms with E-state index in [4.69, 9.17) is 16.6 Å². The van der Waals surface area contributed by atoms with E-state index in [-0.39, 0.29) is 27.3 Å². The molecular weight excluding hydrogens is 296 g/mol. The minimum atomic E-state index is -1.07. The van der Waals surface area contributed by atoms with Crippen molar-refractivity contribution in [3.8, 4) is 0 Å². The van der Waals surface area contributed by atoms with Crippen LogP contribution in [0.3, 0.4) is 0 Å². The van der Waals surface area contributed by atoms with E-state index in [0.29, 0.717) is 0 Å². The zero-order valence-corrected chi connectivity index (χ0v) is 11.8. The molecule has 0 radical (unpaired) electrons. The van der Waals surface area contributed by atoms with E-state index >= 15 is 0 Å². The Balaban J connectivity index is 0. The van der Waals surface area contributed by atoms with Crippen molar-refractivity contribution in [3.05, 3.63) is 0 Å². The minimum absolute atomic E-state index is 0. The molecule has 0 aliphatic carbocycles. The molecule has 0 spiro atoms. The molecule has 0 nitrogen and oxygen atoms in total. The molecule has 0 aromatic rings. The summed E-state index contributed by atoms with van der Waals surface area (Å²) in [6.45, 7) is 0. The van der Waals surface area contributed by atoms with Crippen molar-refractivity contribution < 1.29 is 49.1 Å². The number of rotatable bonds is 0. The standard InChI is InChI=1S/2Cd.2ClH/h;;2*1H/q2*+2;;/p-2. The quantitative estimate of drug-likeness (QED) is 0.592. The van der Waals surface area contributed by atoms with Crippen molar-refractivity contribution in [1.82, 2.24) is 0 Å². The van der Waals surface area contributed by atoms with Gasteiger partial charge in [-0.3, -0.25) is 0 Å². The molecule has 0 aromatic carbocycles. The van der Waals surface area contributed by atoms with E-state index in [9.17, 15) is 0 Å². The fourth-order valence-corrected chi connectivity index (χ4v) is 0. The van der Waals surface area contributed by atoms with Crippen molar-refractivity contribution in [2.45, 2.75) is 0 Å². The summed E-state index contributed by atoms with van der Waals surface area (Å²) in [6, 6.07) is 0. The Labute approximate surface area is 64.5 Å². The summed E-state index contributed by atoms with van der Waals surface area (Å²) in [7, 11) is 9.95. The number of halogens is 2. The third kappa shape index (κ3) is 8.83. The zero-order chi connectivity index (χ0) is 2.71. The van der Waals surface area contributed by atoms with Gasteiger partial charge in [0.15, 0.2) is 0 Å². The van der Waals surface area contributed by atoms with Crippen LogP contribution in [0.25, 0.3) is 0 Å². The van der Waals surface area contributed by atoms with Crippen molar-refractivity contribution in [2.24, 2.45) is 0 Å². The van der Waals surface area contributed by atoms with Gasteiger partial charge in [-0.1, -0.05) is 0 Å². The van der Waals surface area contributed by atoms with Crippen molar-refractivity contribution in [3.63, 3.8) is 0 Å². The predicted molar refractivity (Wildman–Crippen MR) is 11.7 cm³/mol. The van der Waals surface area contributed by atoms with Crippen LogP contribution in [0.15, 0.2) is 0 Å². The molecule has 0 unspecified atom stereocenters. The second kappa shape index (κ2) is 9.05. The predicted octanol–water partition coefficient (Wildman–Crippen LogP) is 1.37. The maximum atomic E-state index is 4.97. The summed E-state index contributed by atoms with van der Waals surface area (Å²) in [5.74, 6) is 0. The Bertz CT molecular complexity index is 4.00. The first-order valence-corrected chi connectivity index (χ1v) is 10.8. The summed E-state index contributed by atoms with van der Waals surface area (Å²) < 4.78 is 0. The van der Waals surface area contributed by atoms with Gasteiger partial charge in [0.2, 0.25) is 0 Å². The van der Waals surface area contributed by atoms with Gasteiger partial charge in [-0.15, -0.1) is 0 Å². The molecule has 0 aromatic heterocycles. The molecule has 0 saturated carbocycles. The van der Waals surface area contributed by atoms with Crippen LogP contribution < -0.4 is 0 Å². The van der Waals surface area contributed by atoms with Crippen LogP contribution in [0.2, 0.25) is 0 Å². The van der Waals surface area contributed by atoms with E-state index < -0.39 is 21.8 Å². The van der Waals surface area contributed by atoms with Gasteiger partial charge in [0.1, 0.15) is 0 Å². The molecule has 0 rings (SSSR count). The molecule has 0 amide bonds. The Morgan fingerprint density at radius 2 is 1.25 bits per heavy atom. The van der Waals surface area contributed by atoms with Gasteiger partial charge < -0.3 is 0 Å². The van der Waals surface area contributed by atoms with Crippen LogP contribution in [0.4, 0.5) is 0 Å². The molecule has 16 valence electrons. The Morgan fingerprint density at radius 1 is 1.25 bits per heavy atom. The molecule has 0 fully saturated rings. The average molecular weight is 296 g/mol. The first-order chi connectivity index (χ1) is 1.41. The normalized spacial score (nSPS) is 2.50. The molecule has 4 heteroatoms. The molecule has 0 aliphatic rings.